The van der Waals surface area contributed by atoms with Gasteiger partial charge in [0, 0.05) is 17.3 Å². The lowest BCUT2D eigenvalue weighted by molar-refractivity contribution is -0.138. The minimum Gasteiger partial charge on any atom is -0.343 e. The molecular formula is C24H34N4O2S. The van der Waals surface area contributed by atoms with Gasteiger partial charge in [-0.2, -0.15) is 0 Å². The second-order valence-electron chi connectivity index (χ2n) is 9.27. The van der Waals surface area contributed by atoms with Gasteiger partial charge in [0.15, 0.2) is 0 Å². The van der Waals surface area contributed by atoms with Gasteiger partial charge in [-0.25, -0.2) is 4.98 Å². The van der Waals surface area contributed by atoms with Crippen molar-refractivity contribution in [2.24, 2.45) is 11.7 Å². The van der Waals surface area contributed by atoms with Crippen LogP contribution in [0.15, 0.2) is 35.7 Å². The first-order chi connectivity index (χ1) is 14.6. The van der Waals surface area contributed by atoms with Gasteiger partial charge in [-0.15, -0.1) is 11.3 Å². The summed E-state index contributed by atoms with van der Waals surface area (Å²) < 4.78 is 0. The van der Waals surface area contributed by atoms with Crippen LogP contribution in [0.2, 0.25) is 0 Å². The predicted molar refractivity (Wildman–Crippen MR) is 125 cm³/mol. The Labute approximate surface area is 189 Å². The Kier molecular flexibility index (Phi) is 7.17. The first-order valence-corrected chi connectivity index (χ1v) is 11.9. The van der Waals surface area contributed by atoms with Crippen molar-refractivity contribution < 1.29 is 9.59 Å². The number of hydrogen-bond acceptors (Lipinski definition) is 5. The van der Waals surface area contributed by atoms with E-state index in [2.05, 4.69) is 36.7 Å². The van der Waals surface area contributed by atoms with Gasteiger partial charge in [-0.05, 0) is 31.2 Å². The van der Waals surface area contributed by atoms with Gasteiger partial charge in [-0.1, -0.05) is 58.0 Å². The van der Waals surface area contributed by atoms with Gasteiger partial charge >= 0.3 is 0 Å². The first kappa shape index (κ1) is 23.4. The van der Waals surface area contributed by atoms with Crippen LogP contribution < -0.4 is 11.1 Å². The summed E-state index contributed by atoms with van der Waals surface area (Å²) in [5, 5.41) is 5.92. The van der Waals surface area contributed by atoms with Crippen molar-refractivity contribution >= 4 is 23.2 Å². The van der Waals surface area contributed by atoms with Crippen molar-refractivity contribution in [1.29, 1.82) is 0 Å². The lowest BCUT2D eigenvalue weighted by Crippen LogP contribution is -2.54. The van der Waals surface area contributed by atoms with E-state index in [0.29, 0.717) is 6.54 Å². The minimum absolute atomic E-state index is 0.0275. The van der Waals surface area contributed by atoms with Crippen molar-refractivity contribution in [2.75, 3.05) is 6.54 Å². The second-order valence-corrected chi connectivity index (χ2v) is 10.2. The molecule has 0 bridgehead atoms. The van der Waals surface area contributed by atoms with Gasteiger partial charge in [0.2, 0.25) is 11.8 Å². The van der Waals surface area contributed by atoms with Crippen molar-refractivity contribution in [2.45, 2.75) is 71.0 Å². The maximum Gasteiger partial charge on any atom is 0.246 e. The van der Waals surface area contributed by atoms with Crippen LogP contribution in [-0.2, 0) is 15.0 Å². The molecule has 3 atom stereocenters. The number of rotatable bonds is 7. The monoisotopic (exact) mass is 442 g/mol. The van der Waals surface area contributed by atoms with Crippen LogP contribution in [0.1, 0.15) is 69.8 Å². The third-order valence-electron chi connectivity index (χ3n) is 6.12. The SMILES string of the molecule is CC(C)[C@H](NC(=O)[C@H](C)N)C(=O)N1CCC[C@H]1c1nc(C(C)(C)c2ccccc2)cs1. The van der Waals surface area contributed by atoms with Crippen LogP contribution in [0.4, 0.5) is 0 Å². The molecule has 1 aliphatic heterocycles. The van der Waals surface area contributed by atoms with Gasteiger partial charge < -0.3 is 16.0 Å². The Morgan fingerprint density at radius 1 is 1.23 bits per heavy atom. The van der Waals surface area contributed by atoms with E-state index in [4.69, 9.17) is 10.7 Å². The third kappa shape index (κ3) is 4.99. The summed E-state index contributed by atoms with van der Waals surface area (Å²) >= 11 is 1.62. The fraction of sp³-hybridized carbons (Fsp3) is 0.542. The summed E-state index contributed by atoms with van der Waals surface area (Å²) in [7, 11) is 0. The van der Waals surface area contributed by atoms with E-state index in [9.17, 15) is 9.59 Å². The molecule has 2 heterocycles. The summed E-state index contributed by atoms with van der Waals surface area (Å²) in [6, 6.07) is 9.07. The Bertz CT molecular complexity index is 907. The molecule has 7 heteroatoms. The first-order valence-electron chi connectivity index (χ1n) is 11.0. The molecule has 2 aromatic rings. The zero-order valence-corrected chi connectivity index (χ0v) is 19.9. The number of amides is 2. The molecule has 1 aliphatic rings. The highest BCUT2D eigenvalue weighted by Gasteiger charge is 2.38. The molecule has 0 spiro atoms. The van der Waals surface area contributed by atoms with Crippen LogP contribution >= 0.6 is 11.3 Å². The molecule has 2 amide bonds. The Morgan fingerprint density at radius 2 is 1.90 bits per heavy atom. The van der Waals surface area contributed by atoms with E-state index in [1.165, 1.54) is 5.56 Å². The Morgan fingerprint density at radius 3 is 2.52 bits per heavy atom. The highest BCUT2D eigenvalue weighted by molar-refractivity contribution is 7.09. The van der Waals surface area contributed by atoms with Crippen molar-refractivity contribution in [3.63, 3.8) is 0 Å². The van der Waals surface area contributed by atoms with Crippen LogP contribution in [0, 0.1) is 5.92 Å². The summed E-state index contributed by atoms with van der Waals surface area (Å²) in [5.74, 6) is -0.380. The number of nitrogens with two attached hydrogens (primary N) is 1. The minimum atomic E-state index is -0.648. The molecule has 168 valence electrons. The van der Waals surface area contributed by atoms with E-state index >= 15 is 0 Å². The van der Waals surface area contributed by atoms with E-state index in [-0.39, 0.29) is 29.2 Å². The van der Waals surface area contributed by atoms with Gasteiger partial charge in [0.1, 0.15) is 11.0 Å². The Hall–Kier alpha value is -2.25. The number of carbonyl (C=O) groups is 2. The highest BCUT2D eigenvalue weighted by atomic mass is 32.1. The van der Waals surface area contributed by atoms with E-state index in [1.807, 2.05) is 36.9 Å². The zero-order chi connectivity index (χ0) is 22.8. The van der Waals surface area contributed by atoms with E-state index in [0.717, 1.165) is 23.5 Å². The topological polar surface area (TPSA) is 88.3 Å². The van der Waals surface area contributed by atoms with E-state index in [1.54, 1.807) is 18.3 Å². The fourth-order valence-electron chi connectivity index (χ4n) is 3.99. The van der Waals surface area contributed by atoms with E-state index < -0.39 is 12.1 Å². The molecule has 31 heavy (non-hydrogen) atoms. The van der Waals surface area contributed by atoms with Crippen LogP contribution in [0.25, 0.3) is 0 Å². The quantitative estimate of drug-likeness (QED) is 0.685. The van der Waals surface area contributed by atoms with Crippen molar-refractivity contribution in [3.8, 4) is 0 Å². The number of nitrogens with one attached hydrogen (secondary N) is 1. The summed E-state index contributed by atoms with van der Waals surface area (Å²) in [6.07, 6.45) is 1.82. The number of hydrogen-bond donors (Lipinski definition) is 2. The maximum atomic E-state index is 13.4. The second kappa shape index (κ2) is 9.49. The van der Waals surface area contributed by atoms with Gasteiger partial charge in [0.25, 0.3) is 0 Å². The molecule has 0 saturated carbocycles. The smallest absolute Gasteiger partial charge is 0.246 e. The van der Waals surface area contributed by atoms with Crippen molar-refractivity contribution in [3.05, 3.63) is 52.0 Å². The normalized spacial score (nSPS) is 18.8. The molecule has 1 aromatic carbocycles. The molecular weight excluding hydrogens is 408 g/mol. The molecule has 0 radical (unpaired) electrons. The molecule has 1 saturated heterocycles. The van der Waals surface area contributed by atoms with Gasteiger partial charge in [-0.3, -0.25) is 9.59 Å². The third-order valence-corrected chi connectivity index (χ3v) is 7.07. The highest BCUT2D eigenvalue weighted by Crippen LogP contribution is 2.38. The van der Waals surface area contributed by atoms with Crippen LogP contribution in [0.5, 0.6) is 0 Å². The Balaban J connectivity index is 1.82. The molecule has 0 aliphatic carbocycles. The standard InChI is InChI=1S/C24H34N4O2S/c1-15(2)20(27-21(29)16(3)25)23(30)28-13-9-12-18(28)22-26-19(14-31-22)24(4,5)17-10-7-6-8-11-17/h6-8,10-11,14-16,18,20H,9,12-13,25H2,1-5H3,(H,27,29)/t16-,18-,20-/m0/s1. The molecule has 3 N–H and O–H groups in total. The number of benzene rings is 1. The predicted octanol–water partition coefficient (Wildman–Crippen LogP) is 3.62. The molecule has 3 rings (SSSR count). The lowest BCUT2D eigenvalue weighted by atomic mass is 9.82. The van der Waals surface area contributed by atoms with Gasteiger partial charge in [0.05, 0.1) is 17.8 Å². The average molecular weight is 443 g/mol. The number of carbonyl (C=O) groups excluding carboxylic acids is 2. The fourth-order valence-corrected chi connectivity index (χ4v) is 5.13. The number of aromatic nitrogens is 1. The summed E-state index contributed by atoms with van der Waals surface area (Å²) in [5.41, 5.74) is 7.72. The molecule has 1 fully saturated rings. The van der Waals surface area contributed by atoms with Crippen LogP contribution in [0.3, 0.4) is 0 Å². The number of likely N-dealkylation sites (tertiary alicyclic amines) is 1. The number of nitrogens with zero attached hydrogens (tertiary/aromatic N) is 2. The van der Waals surface area contributed by atoms with Crippen LogP contribution in [-0.4, -0.2) is 40.3 Å². The average Bonchev–Trinajstić information content (AvgIpc) is 3.41. The largest absolute Gasteiger partial charge is 0.343 e. The maximum absolute atomic E-state index is 13.4. The van der Waals surface area contributed by atoms with Crippen molar-refractivity contribution in [1.82, 2.24) is 15.2 Å². The lowest BCUT2D eigenvalue weighted by Gasteiger charge is -2.30. The summed E-state index contributed by atoms with van der Waals surface area (Å²) in [4.78, 5) is 32.4. The number of thiazole rings is 1. The summed E-state index contributed by atoms with van der Waals surface area (Å²) in [6.45, 7) is 10.5. The molecule has 0 unspecified atom stereocenters. The molecule has 1 aromatic heterocycles. The molecule has 6 nitrogen and oxygen atoms in total. The zero-order valence-electron chi connectivity index (χ0n) is 19.1.